The van der Waals surface area contributed by atoms with Crippen LogP contribution in [0.15, 0.2) is 42.5 Å². The number of rotatable bonds is 4. The Morgan fingerprint density at radius 3 is 2.47 bits per heavy atom. The smallest absolute Gasteiger partial charge is 0.321 e. The highest BCUT2D eigenvalue weighted by Crippen LogP contribution is 2.17. The van der Waals surface area contributed by atoms with Crippen molar-refractivity contribution in [3.63, 3.8) is 0 Å². The predicted molar refractivity (Wildman–Crippen MR) is 116 cm³/mol. The number of benzene rings is 2. The van der Waals surface area contributed by atoms with Crippen LogP contribution >= 0.6 is 11.6 Å². The first kappa shape index (κ1) is 20.3. The number of anilines is 1. The second kappa shape index (κ2) is 8.81. The summed E-state index contributed by atoms with van der Waals surface area (Å²) in [6, 6.07) is 13.3. The third-order valence-electron chi connectivity index (χ3n) is 5.39. The van der Waals surface area contributed by atoms with Gasteiger partial charge in [0.25, 0.3) is 0 Å². The number of aryl methyl sites for hydroxylation is 2. The standard InChI is InChI=1S/C21H24ClN7O/c1-15-3-6-18(13-16(15)2)23-21(30)28-11-9-27(10-12-28)14-20-24-25-26-29(20)19-7-4-17(22)5-8-19/h3-8,13H,9-12,14H2,1-2H3,(H,23,30). The number of hydrogen-bond acceptors (Lipinski definition) is 5. The maximum Gasteiger partial charge on any atom is 0.321 e. The molecule has 1 aliphatic rings. The number of nitrogens with one attached hydrogen (secondary N) is 1. The van der Waals surface area contributed by atoms with Crippen molar-refractivity contribution in [3.05, 3.63) is 64.4 Å². The van der Waals surface area contributed by atoms with E-state index in [9.17, 15) is 4.79 Å². The van der Waals surface area contributed by atoms with Crippen LogP contribution in [-0.4, -0.2) is 62.2 Å². The SMILES string of the molecule is Cc1ccc(NC(=O)N2CCN(Cc3nnnn3-c3ccc(Cl)cc3)CC2)cc1C. The quantitative estimate of drug-likeness (QED) is 0.693. The number of piperazine rings is 1. The van der Waals surface area contributed by atoms with E-state index in [-0.39, 0.29) is 6.03 Å². The molecule has 9 heteroatoms. The molecular weight excluding hydrogens is 402 g/mol. The minimum Gasteiger partial charge on any atom is -0.322 e. The van der Waals surface area contributed by atoms with Crippen LogP contribution in [0.4, 0.5) is 10.5 Å². The van der Waals surface area contributed by atoms with Crippen molar-refractivity contribution in [2.24, 2.45) is 0 Å². The Labute approximate surface area is 180 Å². The molecule has 2 heterocycles. The molecule has 0 saturated carbocycles. The number of aromatic nitrogens is 4. The lowest BCUT2D eigenvalue weighted by Gasteiger charge is -2.34. The van der Waals surface area contributed by atoms with Gasteiger partial charge in [0.05, 0.1) is 12.2 Å². The number of urea groups is 1. The molecule has 2 amide bonds. The Morgan fingerprint density at radius 1 is 1.03 bits per heavy atom. The van der Waals surface area contributed by atoms with Crippen LogP contribution in [0.3, 0.4) is 0 Å². The molecule has 0 unspecified atom stereocenters. The van der Waals surface area contributed by atoms with Crippen LogP contribution < -0.4 is 5.32 Å². The number of carbonyl (C=O) groups is 1. The van der Waals surface area contributed by atoms with E-state index in [0.717, 1.165) is 35.9 Å². The van der Waals surface area contributed by atoms with Crippen LogP contribution in [0.1, 0.15) is 17.0 Å². The molecule has 156 valence electrons. The monoisotopic (exact) mass is 425 g/mol. The minimum absolute atomic E-state index is 0.0658. The molecular formula is C21H24ClN7O. The topological polar surface area (TPSA) is 79.2 Å². The largest absolute Gasteiger partial charge is 0.322 e. The van der Waals surface area contributed by atoms with Gasteiger partial charge in [-0.1, -0.05) is 17.7 Å². The molecule has 0 spiro atoms. The van der Waals surface area contributed by atoms with E-state index >= 15 is 0 Å². The van der Waals surface area contributed by atoms with Gasteiger partial charge in [0.1, 0.15) is 0 Å². The van der Waals surface area contributed by atoms with Crippen molar-refractivity contribution in [1.29, 1.82) is 0 Å². The van der Waals surface area contributed by atoms with Gasteiger partial charge in [0.15, 0.2) is 5.82 Å². The summed E-state index contributed by atoms with van der Waals surface area (Å²) >= 11 is 5.97. The molecule has 1 N–H and O–H groups in total. The first-order valence-corrected chi connectivity index (χ1v) is 10.3. The van der Waals surface area contributed by atoms with E-state index in [1.54, 1.807) is 4.68 Å². The summed E-state index contributed by atoms with van der Waals surface area (Å²) in [7, 11) is 0. The Bertz CT molecular complexity index is 1030. The van der Waals surface area contributed by atoms with E-state index in [2.05, 4.69) is 32.7 Å². The molecule has 3 aromatic rings. The summed E-state index contributed by atoms with van der Waals surface area (Å²) in [4.78, 5) is 16.7. The van der Waals surface area contributed by atoms with Crippen molar-refractivity contribution in [1.82, 2.24) is 30.0 Å². The maximum absolute atomic E-state index is 12.6. The number of amides is 2. The Hall–Kier alpha value is -2.97. The first-order valence-electron chi connectivity index (χ1n) is 9.88. The summed E-state index contributed by atoms with van der Waals surface area (Å²) in [6.07, 6.45) is 0. The van der Waals surface area contributed by atoms with Crippen LogP contribution in [0.5, 0.6) is 0 Å². The third-order valence-corrected chi connectivity index (χ3v) is 5.64. The van der Waals surface area contributed by atoms with Crippen LogP contribution in [-0.2, 0) is 6.54 Å². The van der Waals surface area contributed by atoms with Crippen molar-refractivity contribution in [2.75, 3.05) is 31.5 Å². The van der Waals surface area contributed by atoms with Crippen LogP contribution in [0, 0.1) is 13.8 Å². The molecule has 1 saturated heterocycles. The highest BCUT2D eigenvalue weighted by Gasteiger charge is 2.23. The van der Waals surface area contributed by atoms with Crippen LogP contribution in [0.25, 0.3) is 5.69 Å². The molecule has 0 aliphatic carbocycles. The molecule has 8 nitrogen and oxygen atoms in total. The average Bonchev–Trinajstić information content (AvgIpc) is 3.20. The fourth-order valence-electron chi connectivity index (χ4n) is 3.42. The van der Waals surface area contributed by atoms with Gasteiger partial charge in [-0.3, -0.25) is 4.90 Å². The Balaban J connectivity index is 1.33. The molecule has 1 aromatic heterocycles. The average molecular weight is 426 g/mol. The molecule has 30 heavy (non-hydrogen) atoms. The normalized spacial score (nSPS) is 14.7. The molecule has 0 bridgehead atoms. The summed E-state index contributed by atoms with van der Waals surface area (Å²) in [6.45, 7) is 7.53. The van der Waals surface area contributed by atoms with E-state index in [1.807, 2.05) is 54.3 Å². The van der Waals surface area contributed by atoms with Gasteiger partial charge >= 0.3 is 6.03 Å². The van der Waals surface area contributed by atoms with E-state index < -0.39 is 0 Å². The summed E-state index contributed by atoms with van der Waals surface area (Å²) in [5, 5.41) is 15.7. The number of carbonyl (C=O) groups excluding carboxylic acids is 1. The van der Waals surface area contributed by atoms with Gasteiger partial charge < -0.3 is 10.2 Å². The second-order valence-electron chi connectivity index (χ2n) is 7.48. The zero-order valence-electron chi connectivity index (χ0n) is 17.0. The third kappa shape index (κ3) is 4.60. The van der Waals surface area contributed by atoms with Gasteiger partial charge in [-0.15, -0.1) is 5.10 Å². The van der Waals surface area contributed by atoms with Crippen molar-refractivity contribution in [3.8, 4) is 5.69 Å². The zero-order valence-corrected chi connectivity index (χ0v) is 17.8. The summed E-state index contributed by atoms with van der Waals surface area (Å²) in [5.41, 5.74) is 4.07. The maximum atomic E-state index is 12.6. The predicted octanol–water partition coefficient (Wildman–Crippen LogP) is 3.28. The molecule has 1 aliphatic heterocycles. The molecule has 4 rings (SSSR count). The second-order valence-corrected chi connectivity index (χ2v) is 7.91. The van der Waals surface area contributed by atoms with Crippen molar-refractivity contribution in [2.45, 2.75) is 20.4 Å². The number of nitrogens with zero attached hydrogens (tertiary/aromatic N) is 6. The summed E-state index contributed by atoms with van der Waals surface area (Å²) < 4.78 is 1.72. The molecule has 2 aromatic carbocycles. The number of tetrazole rings is 1. The zero-order chi connectivity index (χ0) is 21.1. The highest BCUT2D eigenvalue weighted by molar-refractivity contribution is 6.30. The number of hydrogen-bond donors (Lipinski definition) is 1. The number of halogens is 1. The van der Waals surface area contributed by atoms with Crippen LogP contribution in [0.2, 0.25) is 5.02 Å². The first-order chi connectivity index (χ1) is 14.5. The van der Waals surface area contributed by atoms with Crippen molar-refractivity contribution < 1.29 is 4.79 Å². The highest BCUT2D eigenvalue weighted by atomic mass is 35.5. The fourth-order valence-corrected chi connectivity index (χ4v) is 3.54. The lowest BCUT2D eigenvalue weighted by Crippen LogP contribution is -2.49. The Kier molecular flexibility index (Phi) is 5.96. The van der Waals surface area contributed by atoms with E-state index in [0.29, 0.717) is 24.7 Å². The van der Waals surface area contributed by atoms with Gasteiger partial charge in [-0.05, 0) is 71.8 Å². The van der Waals surface area contributed by atoms with Gasteiger partial charge in [-0.25, -0.2) is 4.79 Å². The van der Waals surface area contributed by atoms with E-state index in [1.165, 1.54) is 5.56 Å². The minimum atomic E-state index is -0.0658. The summed E-state index contributed by atoms with van der Waals surface area (Å²) in [5.74, 6) is 0.755. The Morgan fingerprint density at radius 2 is 1.77 bits per heavy atom. The lowest BCUT2D eigenvalue weighted by molar-refractivity contribution is 0.140. The lowest BCUT2D eigenvalue weighted by atomic mass is 10.1. The molecule has 0 atom stereocenters. The van der Waals surface area contributed by atoms with E-state index in [4.69, 9.17) is 11.6 Å². The van der Waals surface area contributed by atoms with Crippen molar-refractivity contribution >= 4 is 23.3 Å². The molecule has 0 radical (unpaired) electrons. The fraction of sp³-hybridized carbons (Fsp3) is 0.333. The van der Waals surface area contributed by atoms with Gasteiger partial charge in [0.2, 0.25) is 0 Å². The van der Waals surface area contributed by atoms with Gasteiger partial charge in [0, 0.05) is 36.9 Å². The van der Waals surface area contributed by atoms with Gasteiger partial charge in [-0.2, -0.15) is 4.68 Å². The molecule has 1 fully saturated rings.